The number of guanidine groups is 1. The summed E-state index contributed by atoms with van der Waals surface area (Å²) in [7, 11) is 1.60. The van der Waals surface area contributed by atoms with Gasteiger partial charge in [-0.3, -0.25) is 14.6 Å². The van der Waals surface area contributed by atoms with Gasteiger partial charge in [0.2, 0.25) is 5.96 Å². The number of hydrogen-bond acceptors (Lipinski definition) is 7. The molecule has 1 heterocycles. The highest BCUT2D eigenvalue weighted by atomic mass is 16.5. The molecule has 3 N–H and O–H groups in total. The van der Waals surface area contributed by atoms with Gasteiger partial charge in [0.05, 0.1) is 18.8 Å². The number of nitrogens with zero attached hydrogens (tertiary/aromatic N) is 2. The summed E-state index contributed by atoms with van der Waals surface area (Å²) in [6.07, 6.45) is 1.78. The number of hydrogen-bond donors (Lipinski definition) is 2. The van der Waals surface area contributed by atoms with Crippen LogP contribution < -0.4 is 15.9 Å². The Morgan fingerprint density at radius 3 is 2.20 bits per heavy atom. The van der Waals surface area contributed by atoms with E-state index in [9.17, 15) is 9.59 Å². The number of rotatable bonds is 6. The summed E-state index contributed by atoms with van der Waals surface area (Å²) >= 11 is 0. The third-order valence-corrected chi connectivity index (χ3v) is 5.03. The molecule has 0 saturated heterocycles. The Hall–Kier alpha value is -3.45. The molecule has 156 valence electrons. The first kappa shape index (κ1) is 21.3. The highest BCUT2D eigenvalue weighted by Gasteiger charge is 2.36. The van der Waals surface area contributed by atoms with Crippen LogP contribution in [0.3, 0.4) is 0 Å². The minimum Gasteiger partial charge on any atom is -0.497 e. The Morgan fingerprint density at radius 2 is 1.67 bits per heavy atom. The van der Waals surface area contributed by atoms with Crippen LogP contribution >= 0.6 is 0 Å². The number of ether oxygens (including phenoxy) is 1. The molecule has 0 spiro atoms. The molecule has 3 rings (SSSR count). The van der Waals surface area contributed by atoms with Gasteiger partial charge in [-0.05, 0) is 51.1 Å². The van der Waals surface area contributed by atoms with Crippen LogP contribution in [0.2, 0.25) is 0 Å². The van der Waals surface area contributed by atoms with Crippen molar-refractivity contribution in [1.29, 1.82) is 0 Å². The number of carbonyl (C=O) groups is 2. The quantitative estimate of drug-likeness (QED) is 0.565. The van der Waals surface area contributed by atoms with Gasteiger partial charge in [0.1, 0.15) is 23.2 Å². The van der Waals surface area contributed by atoms with Gasteiger partial charge in [0, 0.05) is 11.3 Å². The van der Waals surface area contributed by atoms with E-state index in [0.717, 1.165) is 22.6 Å². The molecule has 1 unspecified atom stereocenters. The Balaban J connectivity index is 2.02. The summed E-state index contributed by atoms with van der Waals surface area (Å²) in [4.78, 5) is 29.2. The number of methoxy groups -OCH3 is 1. The van der Waals surface area contributed by atoms with Crippen LogP contribution in [0.1, 0.15) is 25.0 Å². The van der Waals surface area contributed by atoms with Crippen molar-refractivity contribution < 1.29 is 14.3 Å². The van der Waals surface area contributed by atoms with Gasteiger partial charge in [-0.1, -0.05) is 29.8 Å². The molecule has 7 nitrogen and oxygen atoms in total. The molecule has 0 aliphatic carbocycles. The van der Waals surface area contributed by atoms with Crippen molar-refractivity contribution in [3.8, 4) is 5.75 Å². The topological polar surface area (TPSA) is 97.0 Å². The average molecular weight is 406 g/mol. The zero-order chi connectivity index (χ0) is 21.8. The minimum absolute atomic E-state index is 0.242. The van der Waals surface area contributed by atoms with Crippen LogP contribution in [0.5, 0.6) is 5.75 Å². The number of benzene rings is 2. The lowest BCUT2D eigenvalue weighted by molar-refractivity contribution is -0.131. The van der Waals surface area contributed by atoms with E-state index in [4.69, 9.17) is 10.6 Å². The summed E-state index contributed by atoms with van der Waals surface area (Å²) in [6, 6.07) is 14.5. The van der Waals surface area contributed by atoms with Gasteiger partial charge in [-0.15, -0.1) is 0 Å². The van der Waals surface area contributed by atoms with Crippen molar-refractivity contribution >= 4 is 28.9 Å². The fraction of sp³-hybridized carbons (Fsp3) is 0.261. The second kappa shape index (κ2) is 8.92. The maximum Gasteiger partial charge on any atom is 0.218 e. The molecule has 1 atom stereocenters. The fourth-order valence-corrected chi connectivity index (χ4v) is 3.40. The first-order chi connectivity index (χ1) is 14.3. The second-order valence-electron chi connectivity index (χ2n) is 7.30. The van der Waals surface area contributed by atoms with Crippen molar-refractivity contribution in [3.05, 3.63) is 65.7 Å². The Kier molecular flexibility index (Phi) is 6.32. The number of aliphatic imine (C=N–C) groups is 1. The number of Topliss-reactive ketones (excluding diaryl/α,β-unsaturated/α-hetero) is 2. The summed E-state index contributed by atoms with van der Waals surface area (Å²) in [5, 5.41) is 4.53. The third kappa shape index (κ3) is 4.58. The summed E-state index contributed by atoms with van der Waals surface area (Å²) in [6.45, 7) is 4.81. The number of nitrogens with one attached hydrogen (secondary N) is 1. The van der Waals surface area contributed by atoms with Crippen molar-refractivity contribution in [2.45, 2.75) is 26.8 Å². The number of aryl methyl sites for hydroxylation is 1. The number of carbonyl (C=O) groups excluding carboxylic acids is 2. The lowest BCUT2D eigenvalue weighted by Crippen LogP contribution is -2.55. The highest BCUT2D eigenvalue weighted by molar-refractivity contribution is 6.04. The number of ketones is 2. The molecule has 0 saturated carbocycles. The third-order valence-electron chi connectivity index (χ3n) is 5.03. The average Bonchev–Trinajstić information content (AvgIpc) is 2.71. The van der Waals surface area contributed by atoms with E-state index in [1.807, 2.05) is 55.5 Å². The van der Waals surface area contributed by atoms with E-state index >= 15 is 0 Å². The van der Waals surface area contributed by atoms with Gasteiger partial charge >= 0.3 is 0 Å². The predicted octanol–water partition coefficient (Wildman–Crippen LogP) is 3.16. The van der Waals surface area contributed by atoms with Crippen LogP contribution in [0.15, 0.2) is 59.6 Å². The Labute approximate surface area is 176 Å². The van der Waals surface area contributed by atoms with Gasteiger partial charge in [0.15, 0.2) is 0 Å². The SMILES string of the molecule is COc1ccc(NC2=NC(c3ccc(C)cc3)=CC(C(C(C)=O)C(C)=O)N2N)cc1. The van der Waals surface area contributed by atoms with Gasteiger partial charge < -0.3 is 10.1 Å². The molecule has 1 aliphatic heterocycles. The van der Waals surface area contributed by atoms with Crippen LogP contribution in [0.4, 0.5) is 5.69 Å². The molecule has 2 aromatic carbocycles. The fourth-order valence-electron chi connectivity index (χ4n) is 3.40. The Bertz CT molecular complexity index is 980. The molecule has 0 amide bonds. The van der Waals surface area contributed by atoms with Crippen molar-refractivity contribution in [3.63, 3.8) is 0 Å². The van der Waals surface area contributed by atoms with E-state index in [1.54, 1.807) is 13.2 Å². The van der Waals surface area contributed by atoms with Crippen LogP contribution in [0.25, 0.3) is 5.70 Å². The summed E-state index contributed by atoms with van der Waals surface area (Å²) in [5.41, 5.74) is 3.39. The smallest absolute Gasteiger partial charge is 0.218 e. The molecule has 7 heteroatoms. The normalized spacial score (nSPS) is 16.1. The van der Waals surface area contributed by atoms with E-state index in [1.165, 1.54) is 18.9 Å². The Morgan fingerprint density at radius 1 is 1.07 bits per heavy atom. The number of anilines is 1. The van der Waals surface area contributed by atoms with Crippen LogP contribution in [-0.4, -0.2) is 35.7 Å². The zero-order valence-corrected chi connectivity index (χ0v) is 17.5. The minimum atomic E-state index is -0.890. The molecular formula is C23H26N4O3. The molecule has 30 heavy (non-hydrogen) atoms. The lowest BCUT2D eigenvalue weighted by Gasteiger charge is -2.35. The first-order valence-corrected chi connectivity index (χ1v) is 9.63. The van der Waals surface area contributed by atoms with E-state index < -0.39 is 12.0 Å². The summed E-state index contributed by atoms with van der Waals surface area (Å²) in [5.74, 6) is 6.03. The standard InChI is InChI=1S/C23H26N4O3/c1-14-5-7-17(8-6-14)20-13-21(22(15(2)28)16(3)29)27(24)23(26-20)25-18-9-11-19(30-4)12-10-18/h5-13,21-22H,24H2,1-4H3,(H,25,26). The molecule has 0 bridgehead atoms. The predicted molar refractivity (Wildman–Crippen MR) is 118 cm³/mol. The van der Waals surface area contributed by atoms with E-state index in [2.05, 4.69) is 10.3 Å². The van der Waals surface area contributed by atoms with Gasteiger partial charge in [0.25, 0.3) is 0 Å². The lowest BCUT2D eigenvalue weighted by atomic mass is 9.89. The largest absolute Gasteiger partial charge is 0.497 e. The molecule has 2 aromatic rings. The van der Waals surface area contributed by atoms with E-state index in [0.29, 0.717) is 11.7 Å². The van der Waals surface area contributed by atoms with Gasteiger partial charge in [-0.2, -0.15) is 0 Å². The number of nitrogens with two attached hydrogens (primary N) is 1. The van der Waals surface area contributed by atoms with E-state index in [-0.39, 0.29) is 11.6 Å². The summed E-state index contributed by atoms with van der Waals surface area (Å²) < 4.78 is 5.19. The van der Waals surface area contributed by atoms with Crippen molar-refractivity contribution in [2.75, 3.05) is 12.4 Å². The van der Waals surface area contributed by atoms with Crippen LogP contribution in [0, 0.1) is 12.8 Å². The van der Waals surface area contributed by atoms with Gasteiger partial charge in [-0.25, -0.2) is 10.8 Å². The zero-order valence-electron chi connectivity index (χ0n) is 17.5. The maximum absolute atomic E-state index is 12.2. The van der Waals surface area contributed by atoms with Crippen molar-refractivity contribution in [1.82, 2.24) is 5.01 Å². The number of hydrazine groups is 1. The molecule has 0 radical (unpaired) electrons. The van der Waals surface area contributed by atoms with Crippen molar-refractivity contribution in [2.24, 2.45) is 16.8 Å². The highest BCUT2D eigenvalue weighted by Crippen LogP contribution is 2.27. The van der Waals surface area contributed by atoms with Crippen LogP contribution in [-0.2, 0) is 9.59 Å². The maximum atomic E-state index is 12.2. The monoisotopic (exact) mass is 406 g/mol. The second-order valence-corrected chi connectivity index (χ2v) is 7.30. The molecule has 1 aliphatic rings. The first-order valence-electron chi connectivity index (χ1n) is 9.63. The molecule has 0 fully saturated rings. The molecular weight excluding hydrogens is 380 g/mol. The molecule has 0 aromatic heterocycles.